The predicted molar refractivity (Wildman–Crippen MR) is 136 cm³/mol. The molecule has 168 valence electrons. The molecule has 1 aliphatic rings. The van der Waals surface area contributed by atoms with Crippen LogP contribution >= 0.6 is 0 Å². The molecule has 0 atom stereocenters. The minimum Gasteiger partial charge on any atom is -0.497 e. The van der Waals surface area contributed by atoms with E-state index in [1.54, 1.807) is 31.4 Å². The van der Waals surface area contributed by atoms with Crippen molar-refractivity contribution in [3.05, 3.63) is 107 Å². The molecule has 0 fully saturated rings. The zero-order valence-electron chi connectivity index (χ0n) is 19.3. The second-order valence-corrected chi connectivity index (χ2v) is 8.37. The van der Waals surface area contributed by atoms with Gasteiger partial charge in [-0.2, -0.15) is 0 Å². The van der Waals surface area contributed by atoms with Gasteiger partial charge in [-0.3, -0.25) is 9.59 Å². The van der Waals surface area contributed by atoms with Crippen LogP contribution in [0.15, 0.2) is 90.6 Å². The van der Waals surface area contributed by atoms with E-state index in [-0.39, 0.29) is 17.5 Å². The normalized spacial score (nSPS) is 13.7. The van der Waals surface area contributed by atoms with E-state index in [1.807, 2.05) is 74.5 Å². The highest BCUT2D eigenvalue weighted by molar-refractivity contribution is 6.46. The molecule has 0 spiro atoms. The van der Waals surface area contributed by atoms with Crippen LogP contribution in [0, 0.1) is 13.8 Å². The summed E-state index contributed by atoms with van der Waals surface area (Å²) in [5.74, 6) is -0.0554. The van der Waals surface area contributed by atoms with Crippen molar-refractivity contribution >= 4 is 39.5 Å². The molecule has 0 saturated heterocycles. The van der Waals surface area contributed by atoms with Crippen LogP contribution in [0.1, 0.15) is 16.7 Å². The summed E-state index contributed by atoms with van der Waals surface area (Å²) in [5.41, 5.74) is 4.43. The third-order valence-electron chi connectivity index (χ3n) is 6.12. The number of benzene rings is 4. The summed E-state index contributed by atoms with van der Waals surface area (Å²) in [6.07, 6.45) is 0. The largest absolute Gasteiger partial charge is 0.497 e. The number of nitrogens with zero attached hydrogens (tertiary/aromatic N) is 1. The van der Waals surface area contributed by atoms with Gasteiger partial charge in [0.05, 0.1) is 18.4 Å². The molecule has 1 N–H and O–H groups in total. The third kappa shape index (κ3) is 3.61. The summed E-state index contributed by atoms with van der Waals surface area (Å²) in [6, 6.07) is 26.8. The SMILES string of the molecule is COc1ccc(C2=C(Nc3cccc4ccccc34)C(=O)N(c3cc(C)ccc3C)C2=O)cc1. The lowest BCUT2D eigenvalue weighted by atomic mass is 10.0. The van der Waals surface area contributed by atoms with Gasteiger partial charge in [-0.15, -0.1) is 0 Å². The Bertz CT molecular complexity index is 1460. The van der Waals surface area contributed by atoms with Gasteiger partial charge in [0.25, 0.3) is 11.8 Å². The molecule has 2 amide bonds. The average molecular weight is 449 g/mol. The Labute approximate surface area is 198 Å². The van der Waals surface area contributed by atoms with Gasteiger partial charge in [0.2, 0.25) is 0 Å². The lowest BCUT2D eigenvalue weighted by Crippen LogP contribution is -2.33. The summed E-state index contributed by atoms with van der Waals surface area (Å²) in [5, 5.41) is 5.32. The number of rotatable bonds is 5. The van der Waals surface area contributed by atoms with Crippen LogP contribution in [-0.4, -0.2) is 18.9 Å². The van der Waals surface area contributed by atoms with Gasteiger partial charge >= 0.3 is 0 Å². The molecular formula is C29H24N2O3. The number of carbonyl (C=O) groups is 2. The first-order valence-electron chi connectivity index (χ1n) is 11.1. The Morgan fingerprint density at radius 3 is 2.29 bits per heavy atom. The Kier molecular flexibility index (Phi) is 5.38. The fraction of sp³-hybridized carbons (Fsp3) is 0.103. The smallest absolute Gasteiger partial charge is 0.282 e. The molecule has 5 heteroatoms. The Hall–Kier alpha value is -4.38. The summed E-state index contributed by atoms with van der Waals surface area (Å²) in [4.78, 5) is 28.8. The lowest BCUT2D eigenvalue weighted by molar-refractivity contribution is -0.120. The number of carbonyl (C=O) groups excluding carboxylic acids is 2. The van der Waals surface area contributed by atoms with E-state index in [0.717, 1.165) is 27.6 Å². The van der Waals surface area contributed by atoms with Gasteiger partial charge < -0.3 is 10.1 Å². The first kappa shape index (κ1) is 21.5. The molecule has 0 aromatic heterocycles. The van der Waals surface area contributed by atoms with Gasteiger partial charge in [0, 0.05) is 11.1 Å². The van der Waals surface area contributed by atoms with Crippen molar-refractivity contribution in [1.82, 2.24) is 0 Å². The molecule has 1 aliphatic heterocycles. The van der Waals surface area contributed by atoms with E-state index in [4.69, 9.17) is 4.74 Å². The topological polar surface area (TPSA) is 58.6 Å². The molecule has 0 bridgehead atoms. The van der Waals surface area contributed by atoms with E-state index in [1.165, 1.54) is 4.90 Å². The molecular weight excluding hydrogens is 424 g/mol. The van der Waals surface area contributed by atoms with Crippen LogP contribution in [0.4, 0.5) is 11.4 Å². The van der Waals surface area contributed by atoms with Crippen LogP contribution in [0.25, 0.3) is 16.3 Å². The molecule has 0 radical (unpaired) electrons. The van der Waals surface area contributed by atoms with E-state index in [9.17, 15) is 9.59 Å². The molecule has 5 nitrogen and oxygen atoms in total. The standard InChI is InChI=1S/C29H24N2O3/c1-18-11-12-19(2)25(17-18)31-28(32)26(21-13-15-22(34-3)16-14-21)27(29(31)33)30-24-10-6-8-20-7-4-5-9-23(20)24/h4-17,30H,1-3H3. The zero-order valence-corrected chi connectivity index (χ0v) is 19.3. The number of fused-ring (bicyclic) bond motifs is 1. The minimum absolute atomic E-state index is 0.257. The monoisotopic (exact) mass is 448 g/mol. The highest BCUT2D eigenvalue weighted by Crippen LogP contribution is 2.37. The van der Waals surface area contributed by atoms with E-state index in [2.05, 4.69) is 5.32 Å². The number of imide groups is 1. The van der Waals surface area contributed by atoms with E-state index < -0.39 is 0 Å². The molecule has 0 saturated carbocycles. The van der Waals surface area contributed by atoms with Crippen molar-refractivity contribution < 1.29 is 14.3 Å². The second kappa shape index (κ2) is 8.52. The van der Waals surface area contributed by atoms with Crippen LogP contribution in [0.2, 0.25) is 0 Å². The number of hydrogen-bond donors (Lipinski definition) is 1. The van der Waals surface area contributed by atoms with Crippen LogP contribution in [0.5, 0.6) is 5.75 Å². The maximum absolute atomic E-state index is 13.8. The van der Waals surface area contributed by atoms with Gasteiger partial charge in [-0.25, -0.2) is 4.90 Å². The summed E-state index contributed by atoms with van der Waals surface area (Å²) >= 11 is 0. The quantitative estimate of drug-likeness (QED) is 0.389. The highest BCUT2D eigenvalue weighted by Gasteiger charge is 2.41. The van der Waals surface area contributed by atoms with Crippen molar-refractivity contribution in [3.63, 3.8) is 0 Å². The molecule has 34 heavy (non-hydrogen) atoms. The first-order valence-corrected chi connectivity index (χ1v) is 11.1. The summed E-state index contributed by atoms with van der Waals surface area (Å²) < 4.78 is 5.28. The molecule has 5 rings (SSSR count). The van der Waals surface area contributed by atoms with Gasteiger partial charge in [0.1, 0.15) is 11.4 Å². The molecule has 4 aromatic carbocycles. The van der Waals surface area contributed by atoms with E-state index in [0.29, 0.717) is 22.6 Å². The van der Waals surface area contributed by atoms with Crippen molar-refractivity contribution in [1.29, 1.82) is 0 Å². The van der Waals surface area contributed by atoms with Crippen LogP contribution in [-0.2, 0) is 9.59 Å². The highest BCUT2D eigenvalue weighted by atomic mass is 16.5. The lowest BCUT2D eigenvalue weighted by Gasteiger charge is -2.18. The zero-order chi connectivity index (χ0) is 23.8. The fourth-order valence-electron chi connectivity index (χ4n) is 4.32. The number of anilines is 2. The predicted octanol–water partition coefficient (Wildman–Crippen LogP) is 5.86. The Balaban J connectivity index is 1.67. The number of ether oxygens (including phenoxy) is 1. The van der Waals surface area contributed by atoms with Crippen LogP contribution < -0.4 is 15.0 Å². The maximum atomic E-state index is 13.8. The van der Waals surface area contributed by atoms with Crippen LogP contribution in [0.3, 0.4) is 0 Å². The van der Waals surface area contributed by atoms with Gasteiger partial charge in [-0.1, -0.05) is 60.7 Å². The summed E-state index contributed by atoms with van der Waals surface area (Å²) in [7, 11) is 1.59. The van der Waals surface area contributed by atoms with E-state index >= 15 is 0 Å². The van der Waals surface area contributed by atoms with Crippen molar-refractivity contribution in [2.45, 2.75) is 13.8 Å². The minimum atomic E-state index is -0.377. The number of amides is 2. The second-order valence-electron chi connectivity index (χ2n) is 8.37. The first-order chi connectivity index (χ1) is 16.5. The Morgan fingerprint density at radius 1 is 0.794 bits per heavy atom. The average Bonchev–Trinajstić information content (AvgIpc) is 3.10. The number of methoxy groups -OCH3 is 1. The third-order valence-corrected chi connectivity index (χ3v) is 6.12. The van der Waals surface area contributed by atoms with Gasteiger partial charge in [-0.05, 0) is 60.2 Å². The van der Waals surface area contributed by atoms with Crippen molar-refractivity contribution in [2.75, 3.05) is 17.3 Å². The number of hydrogen-bond acceptors (Lipinski definition) is 4. The molecule has 0 aliphatic carbocycles. The van der Waals surface area contributed by atoms with Gasteiger partial charge in [0.15, 0.2) is 0 Å². The molecule has 0 unspecified atom stereocenters. The molecule has 4 aromatic rings. The van der Waals surface area contributed by atoms with Crippen molar-refractivity contribution in [3.8, 4) is 5.75 Å². The summed E-state index contributed by atoms with van der Waals surface area (Å²) in [6.45, 7) is 3.85. The van der Waals surface area contributed by atoms with Crippen molar-refractivity contribution in [2.24, 2.45) is 0 Å². The number of nitrogens with one attached hydrogen (secondary N) is 1. The fourth-order valence-corrected chi connectivity index (χ4v) is 4.32. The maximum Gasteiger partial charge on any atom is 0.282 e. The molecule has 1 heterocycles. The number of aryl methyl sites for hydroxylation is 2. The Morgan fingerprint density at radius 2 is 1.53 bits per heavy atom.